The van der Waals surface area contributed by atoms with Gasteiger partial charge in [-0.25, -0.2) is 9.67 Å². The second kappa shape index (κ2) is 13.9. The van der Waals surface area contributed by atoms with E-state index >= 15 is 0 Å². The number of hydrazone groups is 1. The Balaban J connectivity index is 1.19. The Morgan fingerprint density at radius 1 is 0.804 bits per heavy atom. The predicted molar refractivity (Wildman–Crippen MR) is 185 cm³/mol. The highest BCUT2D eigenvalue weighted by molar-refractivity contribution is 8.12. The first-order chi connectivity index (χ1) is 22.5. The quantitative estimate of drug-likeness (QED) is 0.0501. The maximum absolute atomic E-state index is 13.9. The van der Waals surface area contributed by atoms with Crippen LogP contribution in [0.5, 0.6) is 0 Å². The molecule has 10 heteroatoms. The van der Waals surface area contributed by atoms with Gasteiger partial charge in [0.15, 0.2) is 11.6 Å². The number of thioether (sulfide) groups is 1. The van der Waals surface area contributed by atoms with E-state index in [9.17, 15) is 9.59 Å². The van der Waals surface area contributed by atoms with Crippen molar-refractivity contribution in [1.29, 1.82) is 0 Å². The average molecular weight is 643 g/mol. The van der Waals surface area contributed by atoms with Crippen molar-refractivity contribution in [2.45, 2.75) is 28.0 Å². The lowest BCUT2D eigenvalue weighted by Crippen LogP contribution is -2.24. The van der Waals surface area contributed by atoms with E-state index in [0.717, 1.165) is 22.3 Å². The SMILES string of the molecule is C=Cc1ccc(CN(CN)/N=C/Sc2cccc3c2C(=O)c2cccc(Sc4ncn(Cc5ccc(C=C)cc5)n4)c2C3=O)cc1. The monoisotopic (exact) mass is 642 g/mol. The molecule has 0 atom stereocenters. The first-order valence-electron chi connectivity index (χ1n) is 14.5. The number of fused-ring (bicyclic) bond motifs is 2. The number of rotatable bonds is 12. The summed E-state index contributed by atoms with van der Waals surface area (Å²) in [5.74, 6) is -0.414. The van der Waals surface area contributed by atoms with Crippen LogP contribution in [0.25, 0.3) is 12.2 Å². The van der Waals surface area contributed by atoms with E-state index in [-0.39, 0.29) is 18.2 Å². The summed E-state index contributed by atoms with van der Waals surface area (Å²) in [5.41, 5.74) is 13.3. The average Bonchev–Trinajstić information content (AvgIpc) is 3.53. The lowest BCUT2D eigenvalue weighted by molar-refractivity contribution is 0.0974. The fraction of sp³-hybridized carbons (Fsp3) is 0.0833. The summed E-state index contributed by atoms with van der Waals surface area (Å²) in [6, 6.07) is 26.7. The van der Waals surface area contributed by atoms with Crippen LogP contribution >= 0.6 is 23.5 Å². The summed E-state index contributed by atoms with van der Waals surface area (Å²) in [7, 11) is 0. The lowest BCUT2D eigenvalue weighted by atomic mass is 9.84. The van der Waals surface area contributed by atoms with Gasteiger partial charge in [0.2, 0.25) is 5.16 Å². The topological polar surface area (TPSA) is 106 Å². The number of benzene rings is 4. The van der Waals surface area contributed by atoms with Crippen molar-refractivity contribution in [2.24, 2.45) is 10.8 Å². The van der Waals surface area contributed by atoms with E-state index in [1.165, 1.54) is 23.5 Å². The molecule has 8 nitrogen and oxygen atoms in total. The summed E-state index contributed by atoms with van der Waals surface area (Å²) < 4.78 is 1.75. The van der Waals surface area contributed by atoms with Crippen molar-refractivity contribution >= 4 is 52.8 Å². The summed E-state index contributed by atoms with van der Waals surface area (Å²) in [6.45, 7) is 8.88. The molecule has 4 aromatic carbocycles. The van der Waals surface area contributed by atoms with Gasteiger partial charge in [-0.2, -0.15) is 5.10 Å². The van der Waals surface area contributed by atoms with Gasteiger partial charge < -0.3 is 5.73 Å². The highest BCUT2D eigenvalue weighted by atomic mass is 32.2. The molecule has 5 aromatic rings. The van der Waals surface area contributed by atoms with Crippen LogP contribution in [0, 0.1) is 0 Å². The van der Waals surface area contributed by atoms with Gasteiger partial charge in [0.05, 0.1) is 25.3 Å². The van der Waals surface area contributed by atoms with Gasteiger partial charge in [0, 0.05) is 32.0 Å². The number of carbonyl (C=O) groups excluding carboxylic acids is 2. The number of hydrogen-bond acceptors (Lipinski definition) is 9. The zero-order valence-corrected chi connectivity index (χ0v) is 26.5. The van der Waals surface area contributed by atoms with Gasteiger partial charge in [-0.05, 0) is 46.1 Å². The molecule has 1 aromatic heterocycles. The molecule has 1 aliphatic carbocycles. The Morgan fingerprint density at radius 2 is 1.39 bits per heavy atom. The Morgan fingerprint density at radius 3 is 2.00 bits per heavy atom. The second-order valence-corrected chi connectivity index (χ2v) is 12.3. The molecular weight excluding hydrogens is 613 g/mol. The van der Waals surface area contributed by atoms with Crippen LogP contribution in [0.2, 0.25) is 0 Å². The van der Waals surface area contributed by atoms with E-state index in [1.807, 2.05) is 60.7 Å². The summed E-state index contributed by atoms with van der Waals surface area (Å²) >= 11 is 2.55. The molecule has 0 saturated carbocycles. The summed E-state index contributed by atoms with van der Waals surface area (Å²) in [5, 5.41) is 11.3. The van der Waals surface area contributed by atoms with E-state index in [4.69, 9.17) is 5.73 Å². The van der Waals surface area contributed by atoms with Crippen molar-refractivity contribution in [3.05, 3.63) is 149 Å². The van der Waals surface area contributed by atoms with Crippen LogP contribution < -0.4 is 5.73 Å². The molecule has 0 amide bonds. The van der Waals surface area contributed by atoms with Gasteiger partial charge in [-0.3, -0.25) is 14.6 Å². The Kier molecular flexibility index (Phi) is 9.39. The number of nitrogens with two attached hydrogens (primary N) is 1. The van der Waals surface area contributed by atoms with Crippen molar-refractivity contribution in [1.82, 2.24) is 19.8 Å². The molecule has 1 aliphatic rings. The molecule has 1 heterocycles. The van der Waals surface area contributed by atoms with E-state index in [2.05, 4.69) is 28.3 Å². The number of carbonyl (C=O) groups is 2. The largest absolute Gasteiger partial charge is 0.313 e. The van der Waals surface area contributed by atoms with Crippen LogP contribution in [0.15, 0.2) is 124 Å². The maximum atomic E-state index is 13.9. The van der Waals surface area contributed by atoms with Crippen molar-refractivity contribution in [2.75, 3.05) is 6.67 Å². The molecule has 0 radical (unpaired) electrons. The number of aromatic nitrogens is 3. The highest BCUT2D eigenvalue weighted by Gasteiger charge is 2.33. The molecule has 46 heavy (non-hydrogen) atoms. The third kappa shape index (κ3) is 6.64. The summed E-state index contributed by atoms with van der Waals surface area (Å²) in [6.07, 6.45) is 5.26. The minimum Gasteiger partial charge on any atom is -0.313 e. The van der Waals surface area contributed by atoms with Gasteiger partial charge in [0.25, 0.3) is 0 Å². The molecule has 0 bridgehead atoms. The normalized spacial score (nSPS) is 12.2. The van der Waals surface area contributed by atoms with Crippen LogP contribution in [-0.4, -0.2) is 43.6 Å². The van der Waals surface area contributed by atoms with Gasteiger partial charge in [-0.15, -0.1) is 5.10 Å². The zero-order valence-electron chi connectivity index (χ0n) is 24.9. The van der Waals surface area contributed by atoms with Crippen molar-refractivity contribution < 1.29 is 9.59 Å². The van der Waals surface area contributed by atoms with E-state index < -0.39 is 0 Å². The van der Waals surface area contributed by atoms with E-state index in [1.54, 1.807) is 58.0 Å². The summed E-state index contributed by atoms with van der Waals surface area (Å²) in [4.78, 5) is 33.5. The smallest absolute Gasteiger partial charge is 0.213 e. The van der Waals surface area contributed by atoms with Crippen molar-refractivity contribution in [3.8, 4) is 0 Å². The Bertz CT molecular complexity index is 1970. The molecule has 6 rings (SSSR count). The third-order valence-corrected chi connectivity index (χ3v) is 9.18. The zero-order chi connectivity index (χ0) is 32.0. The molecule has 2 N–H and O–H groups in total. The van der Waals surface area contributed by atoms with Crippen LogP contribution in [0.1, 0.15) is 54.1 Å². The molecule has 228 valence electrons. The molecule has 0 unspecified atom stereocenters. The van der Waals surface area contributed by atoms with Gasteiger partial charge >= 0.3 is 0 Å². The standard InChI is InChI=1S/C36H30N6O2S2/c1-3-24-11-15-26(16-12-24)19-41(21-37)39-23-45-30-9-5-7-28-32(30)34(43)29-8-6-10-31(33(29)35(28)44)46-36-38-22-42(40-36)20-27-17-13-25(4-2)14-18-27/h3-18,22-23H,1-2,19-21,37H2/b39-23+. The van der Waals surface area contributed by atoms with Crippen molar-refractivity contribution in [3.63, 3.8) is 0 Å². The van der Waals surface area contributed by atoms with Gasteiger partial charge in [0.1, 0.15) is 6.33 Å². The minimum atomic E-state index is -0.208. The number of nitrogens with zero attached hydrogens (tertiary/aromatic N) is 5. The highest BCUT2D eigenvalue weighted by Crippen LogP contribution is 2.38. The Labute approximate surface area is 275 Å². The number of hydrogen-bond donors (Lipinski definition) is 1. The number of ketones is 2. The molecular formula is C36H30N6O2S2. The first kappa shape index (κ1) is 31.0. The molecule has 0 aliphatic heterocycles. The second-order valence-electron chi connectivity index (χ2n) is 10.4. The molecule has 0 spiro atoms. The molecule has 0 fully saturated rings. The maximum Gasteiger partial charge on any atom is 0.213 e. The first-order valence-corrected chi connectivity index (χ1v) is 16.2. The van der Waals surface area contributed by atoms with Gasteiger partial charge in [-0.1, -0.05) is 110 Å². The fourth-order valence-electron chi connectivity index (χ4n) is 5.08. The third-order valence-electron chi connectivity index (χ3n) is 7.45. The predicted octanol–water partition coefficient (Wildman–Crippen LogP) is 6.99. The Hall–Kier alpha value is -5.03. The van der Waals surface area contributed by atoms with E-state index in [0.29, 0.717) is 50.3 Å². The fourth-order valence-corrected chi connectivity index (χ4v) is 6.74. The van der Waals surface area contributed by atoms with Crippen LogP contribution in [0.4, 0.5) is 0 Å². The van der Waals surface area contributed by atoms with Crippen LogP contribution in [0.3, 0.4) is 0 Å². The lowest BCUT2D eigenvalue weighted by Gasteiger charge is -2.21. The van der Waals surface area contributed by atoms with Crippen LogP contribution in [-0.2, 0) is 13.1 Å². The molecule has 0 saturated heterocycles. The minimum absolute atomic E-state index is 0.206.